The van der Waals surface area contributed by atoms with E-state index >= 15 is 0 Å². The minimum Gasteiger partial charge on any atom is -0.497 e. The standard InChI is InChI=1S/C18H16N2O3/c1-22-14-8-9-16(23-2)13(10-14)11-15-18(21)20-17(19-15)12-6-4-3-5-7-12/h3-11H,1-2H3,(H,19,20,21). The Morgan fingerprint density at radius 2 is 1.83 bits per heavy atom. The predicted octanol–water partition coefficient (Wildman–Crippen LogP) is 2.62. The molecule has 2 aromatic carbocycles. The van der Waals surface area contributed by atoms with Gasteiger partial charge < -0.3 is 14.8 Å². The second kappa shape index (κ2) is 6.36. The summed E-state index contributed by atoms with van der Waals surface area (Å²) in [7, 11) is 3.17. The zero-order chi connectivity index (χ0) is 16.2. The fourth-order valence-corrected chi connectivity index (χ4v) is 2.30. The first-order valence-electron chi connectivity index (χ1n) is 7.10. The van der Waals surface area contributed by atoms with E-state index in [2.05, 4.69) is 10.3 Å². The predicted molar refractivity (Wildman–Crippen MR) is 88.6 cm³/mol. The van der Waals surface area contributed by atoms with Crippen LogP contribution in [0, 0.1) is 0 Å². The molecule has 0 unspecified atom stereocenters. The number of methoxy groups -OCH3 is 2. The summed E-state index contributed by atoms with van der Waals surface area (Å²) in [5, 5.41) is 2.78. The van der Waals surface area contributed by atoms with Crippen LogP contribution in [-0.4, -0.2) is 26.0 Å². The number of amidine groups is 1. The van der Waals surface area contributed by atoms with E-state index in [1.54, 1.807) is 38.5 Å². The number of aliphatic imine (C=N–C) groups is 1. The lowest BCUT2D eigenvalue weighted by atomic mass is 10.1. The number of rotatable bonds is 4. The highest BCUT2D eigenvalue weighted by atomic mass is 16.5. The van der Waals surface area contributed by atoms with E-state index < -0.39 is 0 Å². The van der Waals surface area contributed by atoms with Gasteiger partial charge in [-0.15, -0.1) is 0 Å². The second-order valence-electron chi connectivity index (χ2n) is 4.92. The summed E-state index contributed by atoms with van der Waals surface area (Å²) < 4.78 is 10.5. The molecule has 5 heteroatoms. The second-order valence-corrected chi connectivity index (χ2v) is 4.92. The van der Waals surface area contributed by atoms with E-state index in [0.29, 0.717) is 23.0 Å². The van der Waals surface area contributed by atoms with Crippen LogP contribution in [0.25, 0.3) is 6.08 Å². The molecular weight excluding hydrogens is 292 g/mol. The molecule has 2 aromatic rings. The van der Waals surface area contributed by atoms with Crippen molar-refractivity contribution in [2.24, 2.45) is 4.99 Å². The van der Waals surface area contributed by atoms with Crippen molar-refractivity contribution >= 4 is 17.8 Å². The Kier molecular flexibility index (Phi) is 4.10. The van der Waals surface area contributed by atoms with Gasteiger partial charge in [0.15, 0.2) is 0 Å². The minimum atomic E-state index is -0.242. The van der Waals surface area contributed by atoms with Gasteiger partial charge >= 0.3 is 0 Å². The molecule has 0 saturated carbocycles. The molecule has 0 aromatic heterocycles. The van der Waals surface area contributed by atoms with Crippen molar-refractivity contribution < 1.29 is 14.3 Å². The first-order chi connectivity index (χ1) is 11.2. The molecule has 0 bridgehead atoms. The molecule has 0 aliphatic carbocycles. The fourth-order valence-electron chi connectivity index (χ4n) is 2.30. The van der Waals surface area contributed by atoms with Gasteiger partial charge in [-0.1, -0.05) is 30.3 Å². The Morgan fingerprint density at radius 3 is 2.52 bits per heavy atom. The van der Waals surface area contributed by atoms with Crippen LogP contribution in [0.4, 0.5) is 0 Å². The van der Waals surface area contributed by atoms with Gasteiger partial charge in [-0.25, -0.2) is 4.99 Å². The Hall–Kier alpha value is -3.08. The van der Waals surface area contributed by atoms with Crippen LogP contribution >= 0.6 is 0 Å². The molecule has 0 fully saturated rings. The molecule has 1 aliphatic heterocycles. The molecule has 0 radical (unpaired) electrons. The van der Waals surface area contributed by atoms with Crippen LogP contribution in [0.1, 0.15) is 11.1 Å². The van der Waals surface area contributed by atoms with E-state index in [1.165, 1.54) is 0 Å². The van der Waals surface area contributed by atoms with Gasteiger partial charge in [-0.2, -0.15) is 0 Å². The summed E-state index contributed by atoms with van der Waals surface area (Å²) in [6, 6.07) is 14.9. The number of hydrogen-bond donors (Lipinski definition) is 1. The normalized spacial score (nSPS) is 15.3. The largest absolute Gasteiger partial charge is 0.497 e. The van der Waals surface area contributed by atoms with Crippen LogP contribution in [0.5, 0.6) is 11.5 Å². The lowest BCUT2D eigenvalue weighted by Gasteiger charge is -2.07. The molecule has 23 heavy (non-hydrogen) atoms. The minimum absolute atomic E-state index is 0.242. The van der Waals surface area contributed by atoms with Crippen LogP contribution in [-0.2, 0) is 4.79 Å². The third-order valence-electron chi connectivity index (χ3n) is 3.47. The number of nitrogens with zero attached hydrogens (tertiary/aromatic N) is 1. The third-order valence-corrected chi connectivity index (χ3v) is 3.47. The van der Waals surface area contributed by atoms with Crippen molar-refractivity contribution in [3.63, 3.8) is 0 Å². The van der Waals surface area contributed by atoms with Gasteiger partial charge in [0.1, 0.15) is 23.0 Å². The molecule has 3 rings (SSSR count). The summed E-state index contributed by atoms with van der Waals surface area (Å²) >= 11 is 0. The summed E-state index contributed by atoms with van der Waals surface area (Å²) in [5.41, 5.74) is 1.92. The monoisotopic (exact) mass is 308 g/mol. The molecule has 1 amide bonds. The van der Waals surface area contributed by atoms with E-state index in [9.17, 15) is 4.79 Å². The van der Waals surface area contributed by atoms with E-state index in [4.69, 9.17) is 9.47 Å². The molecule has 0 atom stereocenters. The van der Waals surface area contributed by atoms with Gasteiger partial charge in [-0.05, 0) is 24.3 Å². The first-order valence-corrected chi connectivity index (χ1v) is 7.10. The van der Waals surface area contributed by atoms with E-state index in [-0.39, 0.29) is 5.91 Å². The van der Waals surface area contributed by atoms with Gasteiger partial charge in [0.2, 0.25) is 0 Å². The molecule has 0 saturated heterocycles. The summed E-state index contributed by atoms with van der Waals surface area (Å²) in [5.74, 6) is 1.63. The molecule has 116 valence electrons. The lowest BCUT2D eigenvalue weighted by Crippen LogP contribution is -2.24. The van der Waals surface area contributed by atoms with Gasteiger partial charge in [0.25, 0.3) is 5.91 Å². The molecule has 1 heterocycles. The Balaban J connectivity index is 1.99. The van der Waals surface area contributed by atoms with Crippen molar-refractivity contribution in [1.29, 1.82) is 0 Å². The maximum atomic E-state index is 12.2. The third kappa shape index (κ3) is 3.08. The van der Waals surface area contributed by atoms with Crippen LogP contribution in [0.15, 0.2) is 59.2 Å². The highest BCUT2D eigenvalue weighted by molar-refractivity contribution is 6.19. The van der Waals surface area contributed by atoms with Crippen LogP contribution in [0.3, 0.4) is 0 Å². The molecule has 1 N–H and O–H groups in total. The summed E-state index contributed by atoms with van der Waals surface area (Å²) in [6.07, 6.45) is 1.69. The van der Waals surface area contributed by atoms with Crippen molar-refractivity contribution in [2.75, 3.05) is 14.2 Å². The fraction of sp³-hybridized carbons (Fsp3) is 0.111. The van der Waals surface area contributed by atoms with E-state index in [0.717, 1.165) is 11.1 Å². The zero-order valence-electron chi connectivity index (χ0n) is 12.9. The van der Waals surface area contributed by atoms with Crippen molar-refractivity contribution in [3.8, 4) is 11.5 Å². The molecular formula is C18H16N2O3. The first kappa shape index (κ1) is 14.8. The van der Waals surface area contributed by atoms with Crippen molar-refractivity contribution in [1.82, 2.24) is 5.32 Å². The number of ether oxygens (including phenoxy) is 2. The maximum Gasteiger partial charge on any atom is 0.275 e. The van der Waals surface area contributed by atoms with Crippen LogP contribution in [0.2, 0.25) is 0 Å². The number of hydrogen-bond acceptors (Lipinski definition) is 4. The average Bonchev–Trinajstić information content (AvgIpc) is 2.96. The lowest BCUT2D eigenvalue weighted by molar-refractivity contribution is -0.115. The number of nitrogens with one attached hydrogen (secondary N) is 1. The highest BCUT2D eigenvalue weighted by Crippen LogP contribution is 2.27. The van der Waals surface area contributed by atoms with Crippen LogP contribution < -0.4 is 14.8 Å². The van der Waals surface area contributed by atoms with Gasteiger partial charge in [0, 0.05) is 11.1 Å². The summed E-state index contributed by atoms with van der Waals surface area (Å²) in [4.78, 5) is 16.5. The number of amides is 1. The van der Waals surface area contributed by atoms with E-state index in [1.807, 2.05) is 30.3 Å². The van der Waals surface area contributed by atoms with Crippen molar-refractivity contribution in [2.45, 2.75) is 0 Å². The maximum absolute atomic E-state index is 12.2. The van der Waals surface area contributed by atoms with Gasteiger partial charge in [0.05, 0.1) is 14.2 Å². The smallest absolute Gasteiger partial charge is 0.275 e. The topological polar surface area (TPSA) is 59.9 Å². The average molecular weight is 308 g/mol. The Labute approximate surface area is 134 Å². The summed E-state index contributed by atoms with van der Waals surface area (Å²) in [6.45, 7) is 0. The quantitative estimate of drug-likeness (QED) is 0.883. The number of benzene rings is 2. The highest BCUT2D eigenvalue weighted by Gasteiger charge is 2.21. The number of carbonyl (C=O) groups is 1. The van der Waals surface area contributed by atoms with Crippen molar-refractivity contribution in [3.05, 3.63) is 65.4 Å². The Morgan fingerprint density at radius 1 is 1.04 bits per heavy atom. The zero-order valence-corrected chi connectivity index (χ0v) is 12.9. The number of carbonyl (C=O) groups excluding carboxylic acids is 1. The molecule has 5 nitrogen and oxygen atoms in total. The molecule has 1 aliphatic rings. The Bertz CT molecular complexity index is 795. The molecule has 0 spiro atoms. The van der Waals surface area contributed by atoms with Gasteiger partial charge in [-0.3, -0.25) is 4.79 Å². The SMILES string of the molecule is COc1ccc(OC)c(C=C2N=C(c3ccccc3)NC2=O)c1.